The molecule has 1 heterocycles. The molecule has 2 rings (SSSR count). The van der Waals surface area contributed by atoms with Crippen LogP contribution in [0.2, 0.25) is 0 Å². The van der Waals surface area contributed by atoms with E-state index in [1.54, 1.807) is 0 Å². The van der Waals surface area contributed by atoms with Gasteiger partial charge in [0.15, 0.2) is 0 Å². The van der Waals surface area contributed by atoms with Crippen LogP contribution in [0, 0.1) is 0 Å². The van der Waals surface area contributed by atoms with Gasteiger partial charge in [0.2, 0.25) is 5.91 Å². The van der Waals surface area contributed by atoms with Gasteiger partial charge in [-0.25, -0.2) is 0 Å². The van der Waals surface area contributed by atoms with Gasteiger partial charge in [0.05, 0.1) is 17.3 Å². The Balaban J connectivity index is 2.47. The van der Waals surface area contributed by atoms with Crippen LogP contribution in [0.4, 0.5) is 18.9 Å². The fraction of sp³-hybridized carbons (Fsp3) is 0.417. The summed E-state index contributed by atoms with van der Waals surface area (Å²) in [6.45, 7) is 0.261. The topological polar surface area (TPSA) is 46.3 Å². The SMILES string of the molecule is NC1CCCN(c2ccc(Br)cc2C(F)(F)F)C1=O. The van der Waals surface area contributed by atoms with E-state index in [1.807, 2.05) is 0 Å². The number of carbonyl (C=O) groups excluding carboxylic acids is 1. The monoisotopic (exact) mass is 336 g/mol. The molecular weight excluding hydrogens is 325 g/mol. The molecule has 0 spiro atoms. The van der Waals surface area contributed by atoms with Crippen LogP contribution in [0.1, 0.15) is 18.4 Å². The van der Waals surface area contributed by atoms with Gasteiger partial charge in [-0.05, 0) is 31.0 Å². The maximum absolute atomic E-state index is 13.0. The first-order valence-electron chi connectivity index (χ1n) is 5.74. The summed E-state index contributed by atoms with van der Waals surface area (Å²) >= 11 is 3.01. The highest BCUT2D eigenvalue weighted by Gasteiger charge is 2.37. The van der Waals surface area contributed by atoms with Crippen molar-refractivity contribution in [3.63, 3.8) is 0 Å². The van der Waals surface area contributed by atoms with Crippen LogP contribution in [0.25, 0.3) is 0 Å². The lowest BCUT2D eigenvalue weighted by atomic mass is 10.0. The highest BCUT2D eigenvalue weighted by atomic mass is 79.9. The van der Waals surface area contributed by atoms with E-state index in [0.717, 1.165) is 11.0 Å². The van der Waals surface area contributed by atoms with Crippen molar-refractivity contribution in [3.05, 3.63) is 28.2 Å². The highest BCUT2D eigenvalue weighted by Crippen LogP contribution is 2.39. The van der Waals surface area contributed by atoms with Gasteiger partial charge >= 0.3 is 6.18 Å². The Hall–Kier alpha value is -1.08. The average Bonchev–Trinajstić information content (AvgIpc) is 2.32. The lowest BCUT2D eigenvalue weighted by Crippen LogP contribution is -2.49. The lowest BCUT2D eigenvalue weighted by molar-refractivity contribution is -0.137. The third-order valence-corrected chi connectivity index (χ3v) is 3.53. The Morgan fingerprint density at radius 3 is 2.68 bits per heavy atom. The first-order valence-corrected chi connectivity index (χ1v) is 6.53. The van der Waals surface area contributed by atoms with Crippen LogP contribution in [0.5, 0.6) is 0 Å². The molecule has 7 heteroatoms. The number of nitrogens with zero attached hydrogens (tertiary/aromatic N) is 1. The van der Waals surface area contributed by atoms with Crippen molar-refractivity contribution in [2.45, 2.75) is 25.1 Å². The van der Waals surface area contributed by atoms with Crippen molar-refractivity contribution in [1.82, 2.24) is 0 Å². The summed E-state index contributed by atoms with van der Waals surface area (Å²) < 4.78 is 39.4. The van der Waals surface area contributed by atoms with Crippen molar-refractivity contribution >= 4 is 27.5 Å². The molecule has 19 heavy (non-hydrogen) atoms. The molecule has 1 aliphatic rings. The molecule has 1 aromatic rings. The molecule has 1 aliphatic heterocycles. The summed E-state index contributed by atoms with van der Waals surface area (Å²) in [7, 11) is 0. The van der Waals surface area contributed by atoms with Gasteiger partial charge in [-0.3, -0.25) is 4.79 Å². The van der Waals surface area contributed by atoms with Gasteiger partial charge in [-0.1, -0.05) is 15.9 Å². The number of nitrogens with two attached hydrogens (primary N) is 1. The van der Waals surface area contributed by atoms with Gasteiger partial charge in [-0.15, -0.1) is 0 Å². The summed E-state index contributed by atoms with van der Waals surface area (Å²) in [5.41, 5.74) is 4.66. The van der Waals surface area contributed by atoms with Gasteiger partial charge in [0.1, 0.15) is 0 Å². The second-order valence-corrected chi connectivity index (χ2v) is 5.31. The van der Waals surface area contributed by atoms with E-state index in [9.17, 15) is 18.0 Å². The van der Waals surface area contributed by atoms with Crippen LogP contribution >= 0.6 is 15.9 Å². The normalized spacial score (nSPS) is 20.8. The molecule has 0 aromatic heterocycles. The maximum Gasteiger partial charge on any atom is 0.418 e. The second-order valence-electron chi connectivity index (χ2n) is 4.40. The van der Waals surface area contributed by atoms with E-state index in [2.05, 4.69) is 15.9 Å². The van der Waals surface area contributed by atoms with Gasteiger partial charge in [0.25, 0.3) is 0 Å². The number of amides is 1. The van der Waals surface area contributed by atoms with E-state index in [-0.39, 0.29) is 12.2 Å². The predicted molar refractivity (Wildman–Crippen MR) is 68.7 cm³/mol. The largest absolute Gasteiger partial charge is 0.418 e. The van der Waals surface area contributed by atoms with E-state index >= 15 is 0 Å². The molecule has 1 atom stereocenters. The molecule has 104 valence electrons. The fourth-order valence-electron chi connectivity index (χ4n) is 2.11. The molecule has 1 aromatic carbocycles. The first-order chi connectivity index (χ1) is 8.80. The van der Waals surface area contributed by atoms with E-state index in [1.165, 1.54) is 12.1 Å². The Morgan fingerprint density at radius 1 is 1.37 bits per heavy atom. The van der Waals surface area contributed by atoms with Crippen molar-refractivity contribution in [2.75, 3.05) is 11.4 Å². The Labute approximate surface area is 116 Å². The van der Waals surface area contributed by atoms with Crippen molar-refractivity contribution in [3.8, 4) is 0 Å². The zero-order valence-electron chi connectivity index (χ0n) is 9.88. The summed E-state index contributed by atoms with van der Waals surface area (Å²) in [6, 6.07) is 3.03. The van der Waals surface area contributed by atoms with Gasteiger partial charge in [-0.2, -0.15) is 13.2 Å². The minimum absolute atomic E-state index is 0.129. The number of benzene rings is 1. The van der Waals surface area contributed by atoms with Crippen LogP contribution < -0.4 is 10.6 Å². The number of carbonyl (C=O) groups is 1. The minimum Gasteiger partial charge on any atom is -0.320 e. The smallest absolute Gasteiger partial charge is 0.320 e. The minimum atomic E-state index is -4.51. The number of piperidine rings is 1. The zero-order chi connectivity index (χ0) is 14.2. The lowest BCUT2D eigenvalue weighted by Gasteiger charge is -2.32. The Morgan fingerprint density at radius 2 is 2.05 bits per heavy atom. The Kier molecular flexibility index (Phi) is 3.87. The fourth-order valence-corrected chi connectivity index (χ4v) is 2.47. The Bertz CT molecular complexity index is 504. The van der Waals surface area contributed by atoms with Crippen LogP contribution in [-0.4, -0.2) is 18.5 Å². The number of anilines is 1. The summed E-state index contributed by atoms with van der Waals surface area (Å²) in [5.74, 6) is -0.459. The van der Waals surface area contributed by atoms with Gasteiger partial charge < -0.3 is 10.6 Å². The van der Waals surface area contributed by atoms with Crippen molar-refractivity contribution in [1.29, 1.82) is 0 Å². The molecule has 1 fully saturated rings. The van der Waals surface area contributed by atoms with Crippen LogP contribution in [-0.2, 0) is 11.0 Å². The molecule has 1 unspecified atom stereocenters. The molecule has 0 bridgehead atoms. The highest BCUT2D eigenvalue weighted by molar-refractivity contribution is 9.10. The molecule has 0 saturated carbocycles. The molecule has 1 saturated heterocycles. The maximum atomic E-state index is 13.0. The average molecular weight is 337 g/mol. The number of hydrogen-bond acceptors (Lipinski definition) is 2. The summed E-state index contributed by atoms with van der Waals surface area (Å²) in [6.07, 6.45) is -3.41. The predicted octanol–water partition coefficient (Wildman–Crippen LogP) is 2.92. The van der Waals surface area contributed by atoms with Gasteiger partial charge in [0, 0.05) is 11.0 Å². The first kappa shape index (κ1) is 14.3. The molecular formula is C12H12BrF3N2O. The quantitative estimate of drug-likeness (QED) is 0.857. The van der Waals surface area contributed by atoms with E-state index in [4.69, 9.17) is 5.73 Å². The standard InChI is InChI=1S/C12H12BrF3N2O/c13-7-3-4-10(8(6-7)12(14,15)16)18-5-1-2-9(17)11(18)19/h3-4,6,9H,1-2,5,17H2. The number of halogens is 4. The third kappa shape index (κ3) is 2.92. The van der Waals surface area contributed by atoms with Crippen LogP contribution in [0.15, 0.2) is 22.7 Å². The number of hydrogen-bond donors (Lipinski definition) is 1. The van der Waals surface area contributed by atoms with E-state index in [0.29, 0.717) is 17.3 Å². The molecule has 2 N–H and O–H groups in total. The molecule has 0 aliphatic carbocycles. The molecule has 0 radical (unpaired) electrons. The molecule has 1 amide bonds. The molecule has 3 nitrogen and oxygen atoms in total. The van der Waals surface area contributed by atoms with Crippen LogP contribution in [0.3, 0.4) is 0 Å². The third-order valence-electron chi connectivity index (χ3n) is 3.03. The van der Waals surface area contributed by atoms with Crippen molar-refractivity contribution in [2.24, 2.45) is 5.73 Å². The second kappa shape index (κ2) is 5.13. The number of rotatable bonds is 1. The zero-order valence-corrected chi connectivity index (χ0v) is 11.5. The summed E-state index contributed by atoms with van der Waals surface area (Å²) in [4.78, 5) is 13.0. The summed E-state index contributed by atoms with van der Waals surface area (Å²) in [5, 5.41) is 0. The van der Waals surface area contributed by atoms with E-state index < -0.39 is 23.7 Å². The van der Waals surface area contributed by atoms with Crippen molar-refractivity contribution < 1.29 is 18.0 Å². The number of alkyl halides is 3.